The molecule has 0 saturated heterocycles. The van der Waals surface area contributed by atoms with Crippen LogP contribution in [-0.4, -0.2) is 93.5 Å². The summed E-state index contributed by atoms with van der Waals surface area (Å²) in [7, 11) is 5.91. The number of hydrogen-bond donors (Lipinski definition) is 2. The zero-order valence-corrected chi connectivity index (χ0v) is 26.4. The van der Waals surface area contributed by atoms with Crippen molar-refractivity contribution in [3.63, 3.8) is 0 Å². The van der Waals surface area contributed by atoms with E-state index in [9.17, 15) is 0 Å². The average molecular weight is 622 g/mol. The molecule has 0 atom stereocenters. The van der Waals surface area contributed by atoms with Gasteiger partial charge in [-0.15, -0.1) is 0 Å². The Balaban J connectivity index is 1.02. The fraction of sp³-hybridized carbons (Fsp3) is 0.333. The maximum absolute atomic E-state index is 6.26. The first-order valence-electron chi connectivity index (χ1n) is 14.4. The first-order valence-corrected chi connectivity index (χ1v) is 15.2. The lowest BCUT2D eigenvalue weighted by atomic mass is 10.1. The van der Waals surface area contributed by atoms with Gasteiger partial charge in [0.2, 0.25) is 0 Å². The normalized spacial score (nSPS) is 11.7. The van der Waals surface area contributed by atoms with Crippen LogP contribution < -0.4 is 15.4 Å². The van der Waals surface area contributed by atoms with E-state index in [-0.39, 0.29) is 0 Å². The monoisotopic (exact) mass is 620 g/mol. The Morgan fingerprint density at radius 3 is 2.09 bits per heavy atom. The molecule has 10 heteroatoms. The Hall–Kier alpha value is -3.40. The van der Waals surface area contributed by atoms with Crippen molar-refractivity contribution in [3.05, 3.63) is 76.9 Å². The highest BCUT2D eigenvalue weighted by molar-refractivity contribution is 6.31. The number of anilines is 2. The molecule has 0 aliphatic rings. The number of nitrogens with one attached hydrogen (secondary N) is 2. The molecule has 0 radical (unpaired) electrons. The van der Waals surface area contributed by atoms with Crippen molar-refractivity contribution >= 4 is 67.3 Å². The summed E-state index contributed by atoms with van der Waals surface area (Å²) in [5.74, 6) is 0.801. The van der Waals surface area contributed by atoms with E-state index in [4.69, 9.17) is 37.7 Å². The summed E-state index contributed by atoms with van der Waals surface area (Å²) in [6.45, 7) is 6.48. The molecule has 43 heavy (non-hydrogen) atoms. The van der Waals surface area contributed by atoms with Gasteiger partial charge in [0.05, 0.1) is 42.6 Å². The number of nitrogens with zero attached hydrogens (tertiary/aromatic N) is 4. The van der Waals surface area contributed by atoms with Crippen molar-refractivity contribution in [1.29, 1.82) is 0 Å². The minimum Gasteiger partial charge on any atom is -0.497 e. The topological polar surface area (TPSA) is 74.8 Å². The fourth-order valence-corrected chi connectivity index (χ4v) is 5.34. The molecule has 0 aliphatic carbocycles. The van der Waals surface area contributed by atoms with Crippen molar-refractivity contribution in [3.8, 4) is 5.75 Å². The van der Waals surface area contributed by atoms with Gasteiger partial charge in [-0.3, -0.25) is 4.98 Å². The second-order valence-corrected chi connectivity index (χ2v) is 11.5. The largest absolute Gasteiger partial charge is 0.497 e. The molecule has 2 aromatic heterocycles. The van der Waals surface area contributed by atoms with Crippen LogP contribution in [0.4, 0.5) is 11.4 Å². The standard InChI is InChI=1S/C33H38Cl2N6O2/c1-40(14-12-37-29-10-11-36-31-20-23(34)4-7-26(29)31)16-18-43-19-17-41(2)15-13-38-33-27-8-5-24(35)21-32(27)39-30-9-6-25(42-3)22-28(30)33/h4-11,20-22H,12-19H2,1-3H3,(H,36,37)(H,38,39). The van der Waals surface area contributed by atoms with Gasteiger partial charge >= 0.3 is 0 Å². The molecule has 2 heterocycles. The number of likely N-dealkylation sites (N-methyl/N-ethyl adjacent to an activating group) is 2. The molecule has 0 fully saturated rings. The van der Waals surface area contributed by atoms with Crippen LogP contribution in [-0.2, 0) is 4.74 Å². The molecule has 5 rings (SSSR count). The van der Waals surface area contributed by atoms with Gasteiger partial charge in [-0.25, -0.2) is 4.98 Å². The van der Waals surface area contributed by atoms with E-state index in [1.54, 1.807) is 7.11 Å². The molecule has 0 aliphatic heterocycles. The van der Waals surface area contributed by atoms with Crippen molar-refractivity contribution in [2.45, 2.75) is 0 Å². The SMILES string of the molecule is COc1ccc2nc3cc(Cl)ccc3c(NCCN(C)CCOCCN(C)CCNc3ccnc4cc(Cl)ccc34)c2c1. The second-order valence-electron chi connectivity index (χ2n) is 10.6. The molecule has 0 saturated carbocycles. The molecule has 5 aromatic rings. The van der Waals surface area contributed by atoms with Gasteiger partial charge in [0, 0.05) is 77.4 Å². The lowest BCUT2D eigenvalue weighted by Gasteiger charge is -2.20. The van der Waals surface area contributed by atoms with Crippen LogP contribution in [0.2, 0.25) is 10.0 Å². The molecule has 8 nitrogen and oxygen atoms in total. The fourth-order valence-electron chi connectivity index (χ4n) is 5.01. The Labute approximate surface area is 262 Å². The summed E-state index contributed by atoms with van der Waals surface area (Å²) in [5, 5.41) is 11.7. The summed E-state index contributed by atoms with van der Waals surface area (Å²) in [4.78, 5) is 13.8. The van der Waals surface area contributed by atoms with Crippen LogP contribution in [0.5, 0.6) is 5.75 Å². The van der Waals surface area contributed by atoms with Crippen LogP contribution in [0.25, 0.3) is 32.7 Å². The first-order chi connectivity index (χ1) is 20.9. The van der Waals surface area contributed by atoms with E-state index in [2.05, 4.69) is 39.5 Å². The second kappa shape index (κ2) is 14.9. The minimum atomic E-state index is 0.672. The van der Waals surface area contributed by atoms with Crippen LogP contribution in [0.3, 0.4) is 0 Å². The van der Waals surface area contributed by atoms with Crippen LogP contribution in [0.1, 0.15) is 0 Å². The maximum atomic E-state index is 6.26. The molecule has 3 aromatic carbocycles. The Morgan fingerprint density at radius 2 is 1.37 bits per heavy atom. The van der Waals surface area contributed by atoms with Crippen molar-refractivity contribution in [2.24, 2.45) is 0 Å². The highest BCUT2D eigenvalue weighted by Crippen LogP contribution is 2.34. The highest BCUT2D eigenvalue weighted by Gasteiger charge is 2.11. The highest BCUT2D eigenvalue weighted by atomic mass is 35.5. The summed E-state index contributed by atoms with van der Waals surface area (Å²) in [6, 6.07) is 19.6. The van der Waals surface area contributed by atoms with Gasteiger partial charge in [-0.05, 0) is 74.8 Å². The van der Waals surface area contributed by atoms with Crippen LogP contribution in [0.15, 0.2) is 66.9 Å². The number of pyridine rings is 2. The zero-order valence-electron chi connectivity index (χ0n) is 24.9. The number of methoxy groups -OCH3 is 1. The average Bonchev–Trinajstić information content (AvgIpc) is 3.00. The summed E-state index contributed by atoms with van der Waals surface area (Å²) < 4.78 is 11.4. The number of halogens is 2. The predicted octanol–water partition coefficient (Wildman–Crippen LogP) is 6.66. The summed E-state index contributed by atoms with van der Waals surface area (Å²) >= 11 is 12.4. The van der Waals surface area contributed by atoms with Crippen molar-refractivity contribution in [1.82, 2.24) is 19.8 Å². The number of fused-ring (bicyclic) bond motifs is 3. The van der Waals surface area contributed by atoms with E-state index in [0.717, 1.165) is 89.1 Å². The molecule has 226 valence electrons. The van der Waals surface area contributed by atoms with Gasteiger partial charge in [0.25, 0.3) is 0 Å². The molecule has 0 spiro atoms. The van der Waals surface area contributed by atoms with Crippen LogP contribution >= 0.6 is 23.2 Å². The third kappa shape index (κ3) is 8.16. The van der Waals surface area contributed by atoms with Gasteiger partial charge in [-0.1, -0.05) is 23.2 Å². The zero-order chi connectivity index (χ0) is 30.2. The molecule has 0 bridgehead atoms. The van der Waals surface area contributed by atoms with E-state index >= 15 is 0 Å². The smallest absolute Gasteiger partial charge is 0.119 e. The van der Waals surface area contributed by atoms with Gasteiger partial charge in [0.1, 0.15) is 5.75 Å². The van der Waals surface area contributed by atoms with Crippen molar-refractivity contribution < 1.29 is 9.47 Å². The number of aromatic nitrogens is 2. The third-order valence-electron chi connectivity index (χ3n) is 7.49. The lowest BCUT2D eigenvalue weighted by molar-refractivity contribution is 0.0958. The van der Waals surface area contributed by atoms with E-state index in [0.29, 0.717) is 23.3 Å². The summed E-state index contributed by atoms with van der Waals surface area (Å²) in [5.41, 5.74) is 4.77. The van der Waals surface area contributed by atoms with Gasteiger partial charge < -0.3 is 29.9 Å². The number of rotatable bonds is 15. The Bertz CT molecular complexity index is 1680. The minimum absolute atomic E-state index is 0.672. The predicted molar refractivity (Wildman–Crippen MR) is 180 cm³/mol. The van der Waals surface area contributed by atoms with Crippen LogP contribution in [0, 0.1) is 0 Å². The first kappa shape index (κ1) is 31.0. The van der Waals surface area contributed by atoms with E-state index < -0.39 is 0 Å². The van der Waals surface area contributed by atoms with Gasteiger partial charge in [-0.2, -0.15) is 0 Å². The Kier molecular flexibility index (Phi) is 10.7. The van der Waals surface area contributed by atoms with E-state index in [1.165, 1.54) is 0 Å². The summed E-state index contributed by atoms with van der Waals surface area (Å²) in [6.07, 6.45) is 1.81. The number of benzene rings is 3. The maximum Gasteiger partial charge on any atom is 0.119 e. The number of ether oxygens (including phenoxy) is 2. The molecular weight excluding hydrogens is 583 g/mol. The lowest BCUT2D eigenvalue weighted by Crippen LogP contribution is -2.31. The molecule has 0 amide bonds. The van der Waals surface area contributed by atoms with Gasteiger partial charge in [0.15, 0.2) is 0 Å². The number of hydrogen-bond acceptors (Lipinski definition) is 8. The molecular formula is C33H38Cl2N6O2. The van der Waals surface area contributed by atoms with E-state index in [1.807, 2.05) is 66.9 Å². The third-order valence-corrected chi connectivity index (χ3v) is 7.96. The molecule has 2 N–H and O–H groups in total. The quantitative estimate of drug-likeness (QED) is 0.0994. The van der Waals surface area contributed by atoms with Crippen molar-refractivity contribution in [2.75, 3.05) is 84.3 Å². The Morgan fingerprint density at radius 1 is 0.698 bits per heavy atom. The molecule has 0 unspecified atom stereocenters.